The fourth-order valence-corrected chi connectivity index (χ4v) is 5.01. The first kappa shape index (κ1) is 36.6. The van der Waals surface area contributed by atoms with Crippen molar-refractivity contribution in [3.05, 3.63) is 78.5 Å². The maximum atomic E-state index is 15.3. The standard InChI is InChI=1S/C35H35F2N3O7.Na.H/c1-2-45-30-20-25-27(21-31(30)46-18-6-4-3-5-7-32(41)42)38-17-14-28(25)47-29-13-12-24(19-26(29)37)40-34(44)35(15-16-35)33(43)39-23-10-8-22(36)9-11-23;;/h8-14,17,19-21H,2-7,15-16,18H2,1H3,(H,39,43)(H,40,44)(H,41,42);;/q;+1;-1. The molecule has 1 aliphatic carbocycles. The van der Waals surface area contributed by atoms with Gasteiger partial charge in [0.25, 0.3) is 0 Å². The number of carboxylic acids is 1. The summed E-state index contributed by atoms with van der Waals surface area (Å²) >= 11 is 0. The number of nitrogens with one attached hydrogen (secondary N) is 2. The summed E-state index contributed by atoms with van der Waals surface area (Å²) in [4.78, 5) is 41.0. The summed E-state index contributed by atoms with van der Waals surface area (Å²) in [6.45, 7) is 2.64. The van der Waals surface area contributed by atoms with E-state index in [-0.39, 0.29) is 48.8 Å². The number of benzene rings is 3. The van der Waals surface area contributed by atoms with Gasteiger partial charge in [-0.05, 0) is 81.1 Å². The normalized spacial score (nSPS) is 12.8. The maximum Gasteiger partial charge on any atom is 1.00 e. The number of aromatic nitrogens is 1. The van der Waals surface area contributed by atoms with E-state index in [0.29, 0.717) is 66.3 Å². The number of halogens is 2. The molecule has 48 heavy (non-hydrogen) atoms. The van der Waals surface area contributed by atoms with Crippen molar-refractivity contribution in [3.8, 4) is 23.0 Å². The molecule has 1 heterocycles. The quantitative estimate of drug-likeness (QED) is 0.0895. The minimum absolute atomic E-state index is 0. The van der Waals surface area contributed by atoms with Crippen molar-refractivity contribution in [1.82, 2.24) is 4.98 Å². The summed E-state index contributed by atoms with van der Waals surface area (Å²) in [6.07, 6.45) is 5.35. The summed E-state index contributed by atoms with van der Waals surface area (Å²) in [5.74, 6) is -1.85. The Bertz CT molecular complexity index is 1770. The van der Waals surface area contributed by atoms with Crippen LogP contribution >= 0.6 is 0 Å². The summed E-state index contributed by atoms with van der Waals surface area (Å²) in [7, 11) is 0. The van der Waals surface area contributed by atoms with E-state index in [1.165, 1.54) is 42.6 Å². The molecule has 10 nitrogen and oxygen atoms in total. The largest absolute Gasteiger partial charge is 1.00 e. The number of carboxylic acid groups (broad SMARTS) is 1. The molecule has 0 radical (unpaired) electrons. The third kappa shape index (κ3) is 9.21. The molecule has 13 heteroatoms. The second-order valence-electron chi connectivity index (χ2n) is 11.2. The molecule has 2 amide bonds. The van der Waals surface area contributed by atoms with Crippen molar-refractivity contribution >= 4 is 40.1 Å². The average Bonchev–Trinajstić information content (AvgIpc) is 3.86. The molecule has 248 valence electrons. The van der Waals surface area contributed by atoms with Gasteiger partial charge < -0.3 is 31.4 Å². The second kappa shape index (κ2) is 16.7. The van der Waals surface area contributed by atoms with Gasteiger partial charge in [-0.15, -0.1) is 0 Å². The monoisotopic (exact) mass is 671 g/mol. The fourth-order valence-electron chi connectivity index (χ4n) is 5.01. The van der Waals surface area contributed by atoms with Crippen molar-refractivity contribution in [2.45, 2.75) is 51.9 Å². The molecule has 0 spiro atoms. The van der Waals surface area contributed by atoms with Gasteiger partial charge in [-0.2, -0.15) is 0 Å². The minimum Gasteiger partial charge on any atom is -1.00 e. The average molecular weight is 672 g/mol. The molecule has 0 atom stereocenters. The SMILES string of the molecule is CCOc1cc2c(Oc3ccc(NC(=O)C4(C(=O)Nc5ccc(F)cc5)CC4)cc3F)ccnc2cc1OCCCCCCC(=O)O.[H-].[Na+]. The van der Waals surface area contributed by atoms with E-state index in [9.17, 15) is 18.8 Å². The number of fused-ring (bicyclic) bond motifs is 1. The van der Waals surface area contributed by atoms with Crippen LogP contribution in [0.3, 0.4) is 0 Å². The first-order valence-corrected chi connectivity index (χ1v) is 15.4. The van der Waals surface area contributed by atoms with Gasteiger partial charge >= 0.3 is 35.5 Å². The van der Waals surface area contributed by atoms with Crippen LogP contribution in [0.1, 0.15) is 53.3 Å². The Balaban J connectivity index is 0.00000325. The molecule has 0 aliphatic heterocycles. The van der Waals surface area contributed by atoms with Crippen molar-refractivity contribution < 1.29 is 73.5 Å². The van der Waals surface area contributed by atoms with Crippen LogP contribution in [-0.4, -0.2) is 41.1 Å². The second-order valence-corrected chi connectivity index (χ2v) is 11.2. The van der Waals surface area contributed by atoms with E-state index in [0.717, 1.165) is 25.3 Å². The van der Waals surface area contributed by atoms with E-state index in [1.54, 1.807) is 18.2 Å². The molecule has 4 aromatic rings. The molecular weight excluding hydrogens is 635 g/mol. The van der Waals surface area contributed by atoms with E-state index < -0.39 is 34.8 Å². The van der Waals surface area contributed by atoms with Crippen LogP contribution in [0, 0.1) is 17.0 Å². The van der Waals surface area contributed by atoms with Gasteiger partial charge in [0.05, 0.1) is 18.7 Å². The van der Waals surface area contributed by atoms with Crippen LogP contribution in [0.2, 0.25) is 0 Å². The fraction of sp³-hybridized carbons (Fsp3) is 0.314. The molecule has 0 saturated heterocycles. The molecular formula is C35H36F2N3NaO7. The molecule has 3 N–H and O–H groups in total. The number of carbonyl (C=O) groups is 3. The van der Waals surface area contributed by atoms with Crippen LogP contribution in [0.4, 0.5) is 20.2 Å². The number of aliphatic carboxylic acids is 1. The van der Waals surface area contributed by atoms with Crippen molar-refractivity contribution in [2.24, 2.45) is 5.41 Å². The number of hydrogen-bond donors (Lipinski definition) is 3. The van der Waals surface area contributed by atoms with Crippen molar-refractivity contribution in [1.29, 1.82) is 0 Å². The van der Waals surface area contributed by atoms with E-state index in [1.807, 2.05) is 6.92 Å². The zero-order valence-electron chi connectivity index (χ0n) is 27.8. The predicted octanol–water partition coefficient (Wildman–Crippen LogP) is 4.59. The van der Waals surface area contributed by atoms with Gasteiger partial charge in [-0.25, -0.2) is 8.78 Å². The molecule has 0 bridgehead atoms. The van der Waals surface area contributed by atoms with Crippen LogP contribution < -0.4 is 54.4 Å². The zero-order chi connectivity index (χ0) is 33.4. The number of unbranched alkanes of at least 4 members (excludes halogenated alkanes) is 3. The van der Waals surface area contributed by atoms with Gasteiger partial charge in [0.1, 0.15) is 17.0 Å². The number of amides is 2. The third-order valence-electron chi connectivity index (χ3n) is 7.74. The summed E-state index contributed by atoms with van der Waals surface area (Å²) in [5.41, 5.74) is -0.229. The number of anilines is 2. The molecule has 5 rings (SSSR count). The zero-order valence-corrected chi connectivity index (χ0v) is 28.8. The van der Waals surface area contributed by atoms with Crippen LogP contribution in [0.5, 0.6) is 23.0 Å². The van der Waals surface area contributed by atoms with Gasteiger partial charge in [-0.3, -0.25) is 19.4 Å². The Labute approximate surface area is 299 Å². The molecule has 1 fully saturated rings. The van der Waals surface area contributed by atoms with E-state index >= 15 is 4.39 Å². The maximum absolute atomic E-state index is 15.3. The number of pyridine rings is 1. The summed E-state index contributed by atoms with van der Waals surface area (Å²) < 4.78 is 46.2. The number of rotatable bonds is 16. The Morgan fingerprint density at radius 2 is 1.50 bits per heavy atom. The minimum atomic E-state index is -1.29. The number of hydrogen-bond acceptors (Lipinski definition) is 7. The Hall–Kier alpha value is -4.26. The topological polar surface area (TPSA) is 136 Å². The van der Waals surface area contributed by atoms with Crippen molar-refractivity contribution in [3.63, 3.8) is 0 Å². The Morgan fingerprint density at radius 1 is 0.833 bits per heavy atom. The summed E-state index contributed by atoms with van der Waals surface area (Å²) in [6, 6.07) is 14.3. The van der Waals surface area contributed by atoms with Crippen LogP contribution in [-0.2, 0) is 14.4 Å². The van der Waals surface area contributed by atoms with Gasteiger partial charge in [0.2, 0.25) is 11.8 Å². The number of carbonyl (C=O) groups excluding carboxylic acids is 2. The molecule has 1 saturated carbocycles. The van der Waals surface area contributed by atoms with Crippen molar-refractivity contribution in [2.75, 3.05) is 23.8 Å². The first-order valence-electron chi connectivity index (χ1n) is 15.4. The molecule has 3 aromatic carbocycles. The molecule has 0 unspecified atom stereocenters. The Morgan fingerprint density at radius 3 is 2.17 bits per heavy atom. The number of nitrogens with zero attached hydrogens (tertiary/aromatic N) is 1. The van der Waals surface area contributed by atoms with Gasteiger partial charge in [0, 0.05) is 41.5 Å². The van der Waals surface area contributed by atoms with Gasteiger partial charge in [-0.1, -0.05) is 12.8 Å². The molecule has 1 aliphatic rings. The number of ether oxygens (including phenoxy) is 3. The first-order chi connectivity index (χ1) is 22.7. The molecule has 1 aromatic heterocycles. The van der Waals surface area contributed by atoms with Gasteiger partial charge in [0.15, 0.2) is 23.1 Å². The Kier molecular flexibility index (Phi) is 12.7. The van der Waals surface area contributed by atoms with E-state index in [2.05, 4.69) is 15.6 Å². The smallest absolute Gasteiger partial charge is 1.00 e. The predicted molar refractivity (Wildman–Crippen MR) is 172 cm³/mol. The van der Waals surface area contributed by atoms with Crippen LogP contribution in [0.15, 0.2) is 66.9 Å². The third-order valence-corrected chi connectivity index (χ3v) is 7.74. The van der Waals surface area contributed by atoms with Crippen LogP contribution in [0.25, 0.3) is 10.9 Å². The van der Waals surface area contributed by atoms with E-state index in [4.69, 9.17) is 19.3 Å². The summed E-state index contributed by atoms with van der Waals surface area (Å²) in [5, 5.41) is 14.6.